The molecule has 4 nitrogen and oxygen atoms in total. The number of benzene rings is 1. The summed E-state index contributed by atoms with van der Waals surface area (Å²) >= 11 is 13.6. The predicted octanol–water partition coefficient (Wildman–Crippen LogP) is 4.42. The Balaban J connectivity index is 1.94. The second-order valence-electron chi connectivity index (χ2n) is 5.59. The van der Waals surface area contributed by atoms with Crippen LogP contribution in [-0.2, 0) is 21.3 Å². The van der Waals surface area contributed by atoms with Gasteiger partial charge in [-0.15, -0.1) is 11.3 Å². The van der Waals surface area contributed by atoms with Crippen LogP contribution in [-0.4, -0.2) is 32.0 Å². The molecule has 0 unspecified atom stereocenters. The van der Waals surface area contributed by atoms with E-state index in [9.17, 15) is 8.42 Å². The lowest BCUT2D eigenvalue weighted by Crippen LogP contribution is -2.36. The van der Waals surface area contributed by atoms with E-state index in [4.69, 9.17) is 27.9 Å². The van der Waals surface area contributed by atoms with Crippen LogP contribution in [0.5, 0.6) is 0 Å². The molecule has 0 bridgehead atoms. The quantitative estimate of drug-likeness (QED) is 0.713. The van der Waals surface area contributed by atoms with Crippen LogP contribution in [0.3, 0.4) is 0 Å². The Morgan fingerprint density at radius 2 is 2.12 bits per heavy atom. The van der Waals surface area contributed by atoms with Crippen molar-refractivity contribution in [3.63, 3.8) is 0 Å². The molecule has 2 aromatic rings. The zero-order chi connectivity index (χ0) is 17.2. The fourth-order valence-corrected chi connectivity index (χ4v) is 5.64. The summed E-state index contributed by atoms with van der Waals surface area (Å²) < 4.78 is 33.4. The van der Waals surface area contributed by atoms with Crippen LogP contribution in [0.2, 0.25) is 10.0 Å². The molecule has 1 fully saturated rings. The van der Waals surface area contributed by atoms with Crippen LogP contribution in [0.4, 0.5) is 0 Å². The molecule has 3 rings (SSSR count). The molecule has 2 heterocycles. The van der Waals surface area contributed by atoms with Gasteiger partial charge in [0.25, 0.3) is 0 Å². The van der Waals surface area contributed by atoms with Crippen molar-refractivity contribution in [3.05, 3.63) is 50.6 Å². The Morgan fingerprint density at radius 3 is 2.79 bits per heavy atom. The van der Waals surface area contributed by atoms with Crippen molar-refractivity contribution in [1.82, 2.24) is 4.31 Å². The molecule has 1 aliphatic rings. The summed E-state index contributed by atoms with van der Waals surface area (Å²) in [6, 6.07) is 8.31. The molecule has 24 heavy (non-hydrogen) atoms. The summed E-state index contributed by atoms with van der Waals surface area (Å²) in [5.74, 6) is 0. The van der Waals surface area contributed by atoms with Gasteiger partial charge in [0.15, 0.2) is 0 Å². The number of hydrogen-bond donors (Lipinski definition) is 0. The molecule has 1 aromatic carbocycles. The highest BCUT2D eigenvalue weighted by Gasteiger charge is 2.31. The van der Waals surface area contributed by atoms with E-state index in [2.05, 4.69) is 0 Å². The highest BCUT2D eigenvalue weighted by atomic mass is 35.5. The van der Waals surface area contributed by atoms with E-state index < -0.39 is 10.0 Å². The fourth-order valence-electron chi connectivity index (χ4n) is 2.65. The monoisotopic (exact) mass is 405 g/mol. The average molecular weight is 406 g/mol. The van der Waals surface area contributed by atoms with Gasteiger partial charge in [0.05, 0.1) is 11.1 Å². The second kappa shape index (κ2) is 7.72. The summed E-state index contributed by atoms with van der Waals surface area (Å²) in [6.07, 6.45) is 1.73. The minimum atomic E-state index is -3.77. The molecule has 1 saturated heterocycles. The third-order valence-corrected chi connectivity index (χ3v) is 7.24. The fraction of sp³-hybridized carbons (Fsp3) is 0.375. The molecule has 0 amide bonds. The highest BCUT2D eigenvalue weighted by molar-refractivity contribution is 7.89. The van der Waals surface area contributed by atoms with E-state index >= 15 is 0 Å². The maximum Gasteiger partial charge on any atom is 0.245 e. The van der Waals surface area contributed by atoms with E-state index in [0.717, 1.165) is 17.7 Å². The Bertz CT molecular complexity index is 788. The summed E-state index contributed by atoms with van der Waals surface area (Å²) in [6.45, 7) is 1.28. The summed E-state index contributed by atoms with van der Waals surface area (Å²) in [5.41, 5.74) is 0. The normalized spacial score (nSPS) is 18.4. The van der Waals surface area contributed by atoms with Crippen LogP contribution < -0.4 is 0 Å². The molecule has 1 aromatic heterocycles. The highest BCUT2D eigenvalue weighted by Crippen LogP contribution is 2.30. The second-order valence-corrected chi connectivity index (χ2v) is 9.37. The minimum absolute atomic E-state index is 0.0335. The van der Waals surface area contributed by atoms with Crippen molar-refractivity contribution in [3.8, 4) is 0 Å². The Morgan fingerprint density at radius 1 is 1.29 bits per heavy atom. The van der Waals surface area contributed by atoms with Gasteiger partial charge in [-0.3, -0.25) is 0 Å². The van der Waals surface area contributed by atoms with Gasteiger partial charge in [0.1, 0.15) is 4.90 Å². The summed E-state index contributed by atoms with van der Waals surface area (Å²) in [7, 11) is -3.77. The molecule has 0 saturated carbocycles. The van der Waals surface area contributed by atoms with Crippen LogP contribution >= 0.6 is 34.5 Å². The van der Waals surface area contributed by atoms with Crippen molar-refractivity contribution in [2.45, 2.75) is 30.4 Å². The van der Waals surface area contributed by atoms with Crippen molar-refractivity contribution in [2.75, 3.05) is 13.2 Å². The predicted molar refractivity (Wildman–Crippen MR) is 97.4 cm³/mol. The van der Waals surface area contributed by atoms with E-state index in [1.165, 1.54) is 27.8 Å². The molecule has 1 atom stereocenters. The van der Waals surface area contributed by atoms with Crippen LogP contribution in [0.25, 0.3) is 0 Å². The molecule has 0 radical (unpaired) electrons. The third-order valence-electron chi connectivity index (χ3n) is 3.85. The number of halogens is 2. The standard InChI is InChI=1S/C16H17Cl2NO3S2/c17-12-5-6-15(18)16(9-12)24(20,21)19(10-13-3-1-7-22-13)11-14-4-2-8-23-14/h2,4-6,8-9,13H,1,3,7,10-11H2/t13-/m0/s1. The van der Waals surface area contributed by atoms with E-state index in [0.29, 0.717) is 24.7 Å². The van der Waals surface area contributed by atoms with Crippen molar-refractivity contribution >= 4 is 44.6 Å². The number of hydrogen-bond acceptors (Lipinski definition) is 4. The number of thiophene rings is 1. The number of nitrogens with zero attached hydrogens (tertiary/aromatic N) is 1. The molecule has 130 valence electrons. The maximum absolute atomic E-state index is 13.2. The minimum Gasteiger partial charge on any atom is -0.377 e. The van der Waals surface area contributed by atoms with Crippen LogP contribution in [0.15, 0.2) is 40.6 Å². The molecule has 0 spiro atoms. The van der Waals surface area contributed by atoms with Crippen molar-refractivity contribution in [1.29, 1.82) is 0 Å². The molecule has 0 N–H and O–H groups in total. The topological polar surface area (TPSA) is 46.6 Å². The number of sulfonamides is 1. The van der Waals surface area contributed by atoms with Gasteiger partial charge in [0.2, 0.25) is 10.0 Å². The zero-order valence-electron chi connectivity index (χ0n) is 12.8. The van der Waals surface area contributed by atoms with Crippen LogP contribution in [0.1, 0.15) is 17.7 Å². The first-order valence-corrected chi connectivity index (χ1v) is 10.6. The molecule has 1 aliphatic heterocycles. The Labute approximate surface area is 156 Å². The number of rotatable bonds is 6. The smallest absolute Gasteiger partial charge is 0.245 e. The first-order chi connectivity index (χ1) is 11.5. The van der Waals surface area contributed by atoms with Gasteiger partial charge in [-0.05, 0) is 42.5 Å². The van der Waals surface area contributed by atoms with Gasteiger partial charge in [-0.2, -0.15) is 4.31 Å². The lowest BCUT2D eigenvalue weighted by atomic mass is 10.2. The Hall–Kier alpha value is -0.630. The number of ether oxygens (including phenoxy) is 1. The molecular weight excluding hydrogens is 389 g/mol. The largest absolute Gasteiger partial charge is 0.377 e. The summed E-state index contributed by atoms with van der Waals surface area (Å²) in [4.78, 5) is 1.00. The first kappa shape index (κ1) is 18.2. The van der Waals surface area contributed by atoms with Gasteiger partial charge in [-0.25, -0.2) is 8.42 Å². The van der Waals surface area contributed by atoms with Crippen LogP contribution in [0, 0.1) is 0 Å². The molecule has 0 aliphatic carbocycles. The van der Waals surface area contributed by atoms with Gasteiger partial charge >= 0.3 is 0 Å². The molecular formula is C16H17Cl2NO3S2. The van der Waals surface area contributed by atoms with E-state index in [-0.39, 0.29) is 16.0 Å². The van der Waals surface area contributed by atoms with Crippen molar-refractivity contribution < 1.29 is 13.2 Å². The Kier molecular flexibility index (Phi) is 5.85. The first-order valence-electron chi connectivity index (χ1n) is 7.56. The van der Waals surface area contributed by atoms with E-state index in [1.54, 1.807) is 6.07 Å². The molecule has 8 heteroatoms. The van der Waals surface area contributed by atoms with Crippen molar-refractivity contribution in [2.24, 2.45) is 0 Å². The maximum atomic E-state index is 13.2. The van der Waals surface area contributed by atoms with Gasteiger partial charge in [-0.1, -0.05) is 29.3 Å². The lowest BCUT2D eigenvalue weighted by Gasteiger charge is -2.25. The summed E-state index contributed by atoms with van der Waals surface area (Å²) in [5, 5.41) is 2.44. The lowest BCUT2D eigenvalue weighted by molar-refractivity contribution is 0.0927. The average Bonchev–Trinajstić information content (AvgIpc) is 3.22. The van der Waals surface area contributed by atoms with Gasteiger partial charge in [0, 0.05) is 29.6 Å². The van der Waals surface area contributed by atoms with E-state index in [1.807, 2.05) is 17.5 Å². The SMILES string of the molecule is O=S(=O)(c1cc(Cl)ccc1Cl)N(Cc1cccs1)C[C@@H]1CCCO1. The zero-order valence-corrected chi connectivity index (χ0v) is 16.0. The van der Waals surface area contributed by atoms with Gasteiger partial charge < -0.3 is 4.74 Å². The third kappa shape index (κ3) is 4.12.